The van der Waals surface area contributed by atoms with E-state index in [-0.39, 0.29) is 0 Å². The van der Waals surface area contributed by atoms with Crippen LogP contribution in [0.25, 0.3) is 0 Å². The minimum absolute atomic E-state index is 0.614. The summed E-state index contributed by atoms with van der Waals surface area (Å²) in [5, 5.41) is 3.37. The first kappa shape index (κ1) is 13.1. The van der Waals surface area contributed by atoms with Crippen molar-refractivity contribution < 1.29 is 4.42 Å². The topological polar surface area (TPSA) is 38.1 Å². The average Bonchev–Trinajstić information content (AvgIpc) is 2.67. The van der Waals surface area contributed by atoms with Crippen LogP contribution in [0, 0.1) is 13.8 Å². The van der Waals surface area contributed by atoms with E-state index in [1.54, 1.807) is 0 Å². The number of nitrogens with one attached hydrogen (secondary N) is 1. The predicted molar refractivity (Wildman–Crippen MR) is 76.8 cm³/mol. The van der Waals surface area contributed by atoms with E-state index in [4.69, 9.17) is 4.42 Å². The number of benzene rings is 1. The molecule has 0 radical (unpaired) electrons. The maximum atomic E-state index is 5.55. The molecule has 0 bridgehead atoms. The first-order valence-electron chi connectivity index (χ1n) is 6.05. The SMILES string of the molecule is CCc1cc(Br)ccc1NCc1nc(C)c(C)o1. The monoisotopic (exact) mass is 308 g/mol. The largest absolute Gasteiger partial charge is 0.444 e. The molecule has 0 spiro atoms. The van der Waals surface area contributed by atoms with Crippen LogP contribution in [0.15, 0.2) is 27.1 Å². The molecule has 0 saturated heterocycles. The molecule has 96 valence electrons. The Labute approximate surface area is 116 Å². The molecule has 1 aromatic heterocycles. The zero-order valence-electron chi connectivity index (χ0n) is 10.9. The molecule has 0 unspecified atom stereocenters. The Bertz CT molecular complexity index is 529. The highest BCUT2D eigenvalue weighted by atomic mass is 79.9. The lowest BCUT2D eigenvalue weighted by Gasteiger charge is -2.09. The average molecular weight is 309 g/mol. The third-order valence-corrected chi connectivity index (χ3v) is 3.44. The molecule has 1 heterocycles. The van der Waals surface area contributed by atoms with Crippen molar-refractivity contribution in [2.24, 2.45) is 0 Å². The number of hydrogen-bond acceptors (Lipinski definition) is 3. The highest BCUT2D eigenvalue weighted by Gasteiger charge is 2.06. The van der Waals surface area contributed by atoms with Crippen LogP contribution >= 0.6 is 15.9 Å². The number of oxazole rings is 1. The summed E-state index contributed by atoms with van der Waals surface area (Å²) in [5.74, 6) is 1.62. The highest BCUT2D eigenvalue weighted by Crippen LogP contribution is 2.22. The van der Waals surface area contributed by atoms with Gasteiger partial charge < -0.3 is 9.73 Å². The molecule has 0 aliphatic carbocycles. The quantitative estimate of drug-likeness (QED) is 0.918. The fraction of sp³-hybridized carbons (Fsp3) is 0.357. The van der Waals surface area contributed by atoms with Gasteiger partial charge in [0.25, 0.3) is 0 Å². The summed E-state index contributed by atoms with van der Waals surface area (Å²) in [5.41, 5.74) is 3.37. The molecule has 2 aromatic rings. The summed E-state index contributed by atoms with van der Waals surface area (Å²) in [6.45, 7) is 6.65. The van der Waals surface area contributed by atoms with Crippen molar-refractivity contribution in [3.63, 3.8) is 0 Å². The van der Waals surface area contributed by atoms with E-state index in [1.165, 1.54) is 5.56 Å². The van der Waals surface area contributed by atoms with E-state index in [1.807, 2.05) is 19.9 Å². The van der Waals surface area contributed by atoms with E-state index < -0.39 is 0 Å². The van der Waals surface area contributed by atoms with Gasteiger partial charge in [0.15, 0.2) is 0 Å². The molecule has 0 aliphatic heterocycles. The van der Waals surface area contributed by atoms with E-state index in [0.29, 0.717) is 6.54 Å². The smallest absolute Gasteiger partial charge is 0.213 e. The minimum Gasteiger partial charge on any atom is -0.444 e. The van der Waals surface area contributed by atoms with Crippen molar-refractivity contribution in [1.29, 1.82) is 0 Å². The van der Waals surface area contributed by atoms with Gasteiger partial charge in [-0.1, -0.05) is 22.9 Å². The van der Waals surface area contributed by atoms with Crippen molar-refractivity contribution in [1.82, 2.24) is 4.98 Å². The summed E-state index contributed by atoms with van der Waals surface area (Å²) in [6.07, 6.45) is 0.991. The van der Waals surface area contributed by atoms with Crippen molar-refractivity contribution in [2.75, 3.05) is 5.32 Å². The first-order valence-corrected chi connectivity index (χ1v) is 6.84. The van der Waals surface area contributed by atoms with Crippen LogP contribution in [-0.4, -0.2) is 4.98 Å². The number of aromatic nitrogens is 1. The van der Waals surface area contributed by atoms with E-state index >= 15 is 0 Å². The van der Waals surface area contributed by atoms with Crippen LogP contribution in [0.2, 0.25) is 0 Å². The molecule has 1 aromatic carbocycles. The predicted octanol–water partition coefficient (Wildman–Crippen LogP) is 4.23. The second-order valence-electron chi connectivity index (χ2n) is 4.26. The Kier molecular flexibility index (Phi) is 4.07. The van der Waals surface area contributed by atoms with Gasteiger partial charge in [0.05, 0.1) is 12.2 Å². The highest BCUT2D eigenvalue weighted by molar-refractivity contribution is 9.10. The van der Waals surface area contributed by atoms with Crippen molar-refractivity contribution >= 4 is 21.6 Å². The van der Waals surface area contributed by atoms with Crippen LogP contribution in [0.3, 0.4) is 0 Å². The summed E-state index contributed by atoms with van der Waals surface area (Å²) in [7, 11) is 0. The number of halogens is 1. The fourth-order valence-corrected chi connectivity index (χ4v) is 2.22. The third kappa shape index (κ3) is 2.93. The Morgan fingerprint density at radius 3 is 2.72 bits per heavy atom. The standard InChI is InChI=1S/C14H17BrN2O/c1-4-11-7-12(15)5-6-13(11)16-8-14-17-9(2)10(3)18-14/h5-7,16H,4,8H2,1-3H3. The van der Waals surface area contributed by atoms with Crippen LogP contribution in [0.5, 0.6) is 0 Å². The van der Waals surface area contributed by atoms with E-state index in [9.17, 15) is 0 Å². The molecule has 0 aliphatic rings. The van der Waals surface area contributed by atoms with Crippen molar-refractivity contribution in [3.05, 3.63) is 45.6 Å². The number of rotatable bonds is 4. The Hall–Kier alpha value is -1.29. The zero-order chi connectivity index (χ0) is 13.1. The van der Waals surface area contributed by atoms with Gasteiger partial charge in [-0.25, -0.2) is 4.98 Å². The van der Waals surface area contributed by atoms with Gasteiger partial charge in [0.2, 0.25) is 5.89 Å². The maximum absolute atomic E-state index is 5.55. The second kappa shape index (κ2) is 5.57. The molecule has 0 amide bonds. The van der Waals surface area contributed by atoms with E-state index in [0.717, 1.165) is 33.9 Å². The summed E-state index contributed by atoms with van der Waals surface area (Å²) < 4.78 is 6.65. The summed E-state index contributed by atoms with van der Waals surface area (Å²) in [6, 6.07) is 6.24. The van der Waals surface area contributed by atoms with Crippen LogP contribution in [0.4, 0.5) is 5.69 Å². The fourth-order valence-electron chi connectivity index (χ4n) is 1.81. The van der Waals surface area contributed by atoms with Crippen molar-refractivity contribution in [3.8, 4) is 0 Å². The molecule has 18 heavy (non-hydrogen) atoms. The molecular weight excluding hydrogens is 292 g/mol. The first-order chi connectivity index (χ1) is 8.60. The molecule has 1 N–H and O–H groups in total. The van der Waals surface area contributed by atoms with Gasteiger partial charge in [-0.15, -0.1) is 0 Å². The van der Waals surface area contributed by atoms with Crippen LogP contribution in [0.1, 0.15) is 29.8 Å². The molecule has 3 nitrogen and oxygen atoms in total. The summed E-state index contributed by atoms with van der Waals surface area (Å²) >= 11 is 3.49. The van der Waals surface area contributed by atoms with Gasteiger partial charge in [0.1, 0.15) is 5.76 Å². The Balaban J connectivity index is 2.10. The lowest BCUT2D eigenvalue weighted by Crippen LogP contribution is -2.02. The zero-order valence-corrected chi connectivity index (χ0v) is 12.5. The third-order valence-electron chi connectivity index (χ3n) is 2.95. The molecule has 0 saturated carbocycles. The second-order valence-corrected chi connectivity index (χ2v) is 5.17. The molecule has 4 heteroatoms. The molecular formula is C14H17BrN2O. The molecule has 0 atom stereocenters. The number of hydrogen-bond donors (Lipinski definition) is 1. The number of anilines is 1. The normalized spacial score (nSPS) is 10.7. The lowest BCUT2D eigenvalue weighted by molar-refractivity contribution is 0.478. The van der Waals surface area contributed by atoms with Crippen molar-refractivity contribution in [2.45, 2.75) is 33.7 Å². The van der Waals surface area contributed by atoms with Crippen LogP contribution in [-0.2, 0) is 13.0 Å². The number of aryl methyl sites for hydroxylation is 3. The van der Waals surface area contributed by atoms with Gasteiger partial charge >= 0.3 is 0 Å². The van der Waals surface area contributed by atoms with Gasteiger partial charge in [0, 0.05) is 10.2 Å². The lowest BCUT2D eigenvalue weighted by atomic mass is 10.1. The van der Waals surface area contributed by atoms with Gasteiger partial charge in [-0.05, 0) is 44.0 Å². The summed E-state index contributed by atoms with van der Waals surface area (Å²) in [4.78, 5) is 4.36. The van der Waals surface area contributed by atoms with Gasteiger partial charge in [-0.2, -0.15) is 0 Å². The minimum atomic E-state index is 0.614. The molecule has 0 fully saturated rings. The Morgan fingerprint density at radius 1 is 1.33 bits per heavy atom. The molecule has 2 rings (SSSR count). The van der Waals surface area contributed by atoms with Crippen LogP contribution < -0.4 is 5.32 Å². The van der Waals surface area contributed by atoms with E-state index in [2.05, 4.69) is 45.3 Å². The van der Waals surface area contributed by atoms with Gasteiger partial charge in [-0.3, -0.25) is 0 Å². The maximum Gasteiger partial charge on any atom is 0.213 e. The number of nitrogens with zero attached hydrogens (tertiary/aromatic N) is 1. The Morgan fingerprint density at radius 2 is 2.11 bits per heavy atom.